The fourth-order valence-electron chi connectivity index (χ4n) is 1.45. The van der Waals surface area contributed by atoms with Crippen LogP contribution in [-0.4, -0.2) is 21.3 Å². The molecule has 6 heteroatoms. The van der Waals surface area contributed by atoms with E-state index in [4.69, 9.17) is 10.8 Å². The van der Waals surface area contributed by atoms with E-state index in [1.807, 2.05) is 0 Å². The minimum absolute atomic E-state index is 0.0394. The molecule has 0 aliphatic carbocycles. The minimum atomic E-state index is -1.23. The molecule has 1 aromatic carbocycles. The summed E-state index contributed by atoms with van der Waals surface area (Å²) in [6, 6.07) is 5.78. The highest BCUT2D eigenvalue weighted by atomic mass is 19.1. The molecule has 0 amide bonds. The predicted molar refractivity (Wildman–Crippen MR) is 55.4 cm³/mol. The summed E-state index contributed by atoms with van der Waals surface area (Å²) in [5.74, 6) is -1.82. The molecule has 16 heavy (non-hydrogen) atoms. The largest absolute Gasteiger partial charge is 0.477 e. The zero-order valence-corrected chi connectivity index (χ0v) is 8.07. The van der Waals surface area contributed by atoms with Crippen molar-refractivity contribution in [2.24, 2.45) is 0 Å². The predicted octanol–water partition coefficient (Wildman–Crippen LogP) is 1.50. The molecule has 2 aromatic rings. The van der Waals surface area contributed by atoms with E-state index in [1.165, 1.54) is 18.2 Å². The molecule has 0 spiro atoms. The zero-order chi connectivity index (χ0) is 11.7. The van der Waals surface area contributed by atoms with E-state index in [9.17, 15) is 9.18 Å². The quantitative estimate of drug-likeness (QED) is 0.716. The number of carbonyl (C=O) groups is 1. The number of nitrogens with zero attached hydrogens (tertiary/aromatic N) is 1. The number of carboxylic acid groups (broad SMARTS) is 1. The van der Waals surface area contributed by atoms with E-state index in [0.717, 1.165) is 0 Å². The van der Waals surface area contributed by atoms with Gasteiger partial charge in [-0.3, -0.25) is 5.10 Å². The Kier molecular flexibility index (Phi) is 2.32. The summed E-state index contributed by atoms with van der Waals surface area (Å²) in [4.78, 5) is 10.9. The van der Waals surface area contributed by atoms with Crippen LogP contribution in [0.4, 0.5) is 10.2 Å². The van der Waals surface area contributed by atoms with Gasteiger partial charge in [-0.25, -0.2) is 9.18 Å². The number of rotatable bonds is 2. The van der Waals surface area contributed by atoms with Crippen molar-refractivity contribution >= 4 is 11.8 Å². The van der Waals surface area contributed by atoms with Crippen LogP contribution in [0, 0.1) is 5.82 Å². The molecule has 0 bridgehead atoms. The van der Waals surface area contributed by atoms with Crippen molar-refractivity contribution in [3.63, 3.8) is 0 Å². The molecular formula is C10H8FN3O2. The summed E-state index contributed by atoms with van der Waals surface area (Å²) in [6.07, 6.45) is 0. The van der Waals surface area contributed by atoms with Crippen LogP contribution in [0.3, 0.4) is 0 Å². The second-order valence-electron chi connectivity index (χ2n) is 3.14. The Balaban J connectivity index is 2.68. The van der Waals surface area contributed by atoms with Gasteiger partial charge >= 0.3 is 5.97 Å². The summed E-state index contributed by atoms with van der Waals surface area (Å²) < 4.78 is 13.5. The highest BCUT2D eigenvalue weighted by molar-refractivity contribution is 5.97. The molecular weight excluding hydrogens is 213 g/mol. The van der Waals surface area contributed by atoms with Gasteiger partial charge in [0.25, 0.3) is 0 Å². The number of carboxylic acids is 1. The summed E-state index contributed by atoms with van der Waals surface area (Å²) in [6.45, 7) is 0. The normalized spacial score (nSPS) is 10.3. The van der Waals surface area contributed by atoms with Crippen LogP contribution < -0.4 is 5.73 Å². The number of hydrogen-bond donors (Lipinski definition) is 3. The Morgan fingerprint density at radius 3 is 2.75 bits per heavy atom. The van der Waals surface area contributed by atoms with E-state index >= 15 is 0 Å². The number of anilines is 1. The van der Waals surface area contributed by atoms with Gasteiger partial charge in [-0.05, 0) is 6.07 Å². The van der Waals surface area contributed by atoms with Crippen LogP contribution in [0.15, 0.2) is 24.3 Å². The van der Waals surface area contributed by atoms with Gasteiger partial charge < -0.3 is 10.8 Å². The van der Waals surface area contributed by atoms with Crippen LogP contribution >= 0.6 is 0 Å². The second-order valence-corrected chi connectivity index (χ2v) is 3.14. The number of aromatic carboxylic acids is 1. The van der Waals surface area contributed by atoms with Gasteiger partial charge in [-0.15, -0.1) is 0 Å². The zero-order valence-electron chi connectivity index (χ0n) is 8.07. The van der Waals surface area contributed by atoms with Crippen molar-refractivity contribution in [1.29, 1.82) is 0 Å². The van der Waals surface area contributed by atoms with Gasteiger partial charge in [0, 0.05) is 5.56 Å². The van der Waals surface area contributed by atoms with Crippen molar-refractivity contribution in [3.05, 3.63) is 35.8 Å². The highest BCUT2D eigenvalue weighted by Crippen LogP contribution is 2.29. The fourth-order valence-corrected chi connectivity index (χ4v) is 1.45. The van der Waals surface area contributed by atoms with E-state index in [1.54, 1.807) is 6.07 Å². The van der Waals surface area contributed by atoms with Crippen LogP contribution in [0.25, 0.3) is 11.1 Å². The first-order valence-electron chi connectivity index (χ1n) is 4.43. The average Bonchev–Trinajstić information content (AvgIpc) is 2.61. The third-order valence-electron chi connectivity index (χ3n) is 2.15. The monoisotopic (exact) mass is 221 g/mol. The first-order valence-corrected chi connectivity index (χ1v) is 4.43. The van der Waals surface area contributed by atoms with E-state index < -0.39 is 11.8 Å². The van der Waals surface area contributed by atoms with E-state index in [-0.39, 0.29) is 22.6 Å². The van der Waals surface area contributed by atoms with Gasteiger partial charge in [-0.2, -0.15) is 5.10 Å². The average molecular weight is 221 g/mol. The smallest absolute Gasteiger partial charge is 0.354 e. The molecule has 4 N–H and O–H groups in total. The summed E-state index contributed by atoms with van der Waals surface area (Å²) >= 11 is 0. The minimum Gasteiger partial charge on any atom is -0.477 e. The lowest BCUT2D eigenvalue weighted by molar-refractivity contribution is 0.0691. The van der Waals surface area contributed by atoms with Crippen molar-refractivity contribution in [3.8, 4) is 11.1 Å². The number of aromatic amines is 1. The lowest BCUT2D eigenvalue weighted by atomic mass is 10.0. The van der Waals surface area contributed by atoms with Gasteiger partial charge in [0.05, 0.1) is 5.56 Å². The number of halogens is 1. The SMILES string of the molecule is Nc1n[nH]c(C(=O)O)c1-c1ccccc1F. The standard InChI is InChI=1S/C10H8FN3O2/c11-6-4-2-1-3-5(6)7-8(10(15)16)13-14-9(7)12/h1-4H,(H,15,16)(H3,12,13,14). The number of H-pyrrole nitrogens is 1. The Labute approximate surface area is 89.7 Å². The van der Waals surface area contributed by atoms with Crippen LogP contribution in [0.5, 0.6) is 0 Å². The van der Waals surface area contributed by atoms with Crippen molar-refractivity contribution in [1.82, 2.24) is 10.2 Å². The van der Waals surface area contributed by atoms with Crippen LogP contribution in [0.2, 0.25) is 0 Å². The molecule has 1 heterocycles. The maximum Gasteiger partial charge on any atom is 0.354 e. The maximum absolute atomic E-state index is 13.5. The number of aromatic nitrogens is 2. The first-order chi connectivity index (χ1) is 7.61. The molecule has 0 unspecified atom stereocenters. The van der Waals surface area contributed by atoms with Gasteiger partial charge in [-0.1, -0.05) is 18.2 Å². The van der Waals surface area contributed by atoms with Gasteiger partial charge in [0.2, 0.25) is 0 Å². The maximum atomic E-state index is 13.5. The molecule has 1 aromatic heterocycles. The Morgan fingerprint density at radius 1 is 1.44 bits per heavy atom. The number of benzene rings is 1. The number of hydrogen-bond acceptors (Lipinski definition) is 3. The molecule has 0 saturated carbocycles. The molecule has 0 aliphatic heterocycles. The molecule has 0 saturated heterocycles. The van der Waals surface area contributed by atoms with Crippen molar-refractivity contribution in [2.45, 2.75) is 0 Å². The Bertz CT molecular complexity index is 551. The fraction of sp³-hybridized carbons (Fsp3) is 0. The number of nitrogens with two attached hydrogens (primary N) is 1. The lowest BCUT2D eigenvalue weighted by Gasteiger charge is -2.02. The lowest BCUT2D eigenvalue weighted by Crippen LogP contribution is -2.00. The molecule has 0 atom stereocenters. The summed E-state index contributed by atoms with van der Waals surface area (Å²) in [7, 11) is 0. The number of nitrogens with one attached hydrogen (secondary N) is 1. The van der Waals surface area contributed by atoms with Crippen LogP contribution in [0.1, 0.15) is 10.5 Å². The van der Waals surface area contributed by atoms with E-state index in [0.29, 0.717) is 0 Å². The van der Waals surface area contributed by atoms with Crippen LogP contribution in [-0.2, 0) is 0 Å². The topological polar surface area (TPSA) is 92.0 Å². The molecule has 5 nitrogen and oxygen atoms in total. The van der Waals surface area contributed by atoms with Gasteiger partial charge in [0.1, 0.15) is 5.82 Å². The molecule has 82 valence electrons. The third kappa shape index (κ3) is 1.50. The molecule has 0 fully saturated rings. The van der Waals surface area contributed by atoms with E-state index in [2.05, 4.69) is 10.2 Å². The van der Waals surface area contributed by atoms with Crippen molar-refractivity contribution < 1.29 is 14.3 Å². The third-order valence-corrected chi connectivity index (χ3v) is 2.15. The Hall–Kier alpha value is -2.37. The molecule has 0 aliphatic rings. The molecule has 0 radical (unpaired) electrons. The summed E-state index contributed by atoms with van der Waals surface area (Å²) in [5.41, 5.74) is 5.48. The Morgan fingerprint density at radius 2 is 2.12 bits per heavy atom. The molecule has 2 rings (SSSR count). The van der Waals surface area contributed by atoms with Gasteiger partial charge in [0.15, 0.2) is 11.5 Å². The van der Waals surface area contributed by atoms with Crippen molar-refractivity contribution in [2.75, 3.05) is 5.73 Å². The number of nitrogen functional groups attached to an aromatic ring is 1. The second kappa shape index (κ2) is 3.65. The highest BCUT2D eigenvalue weighted by Gasteiger charge is 2.20. The first kappa shape index (κ1) is 10.2. The summed E-state index contributed by atoms with van der Waals surface area (Å²) in [5, 5.41) is 14.7.